The largest absolute Gasteiger partial charge is 0.416 e. The molecule has 0 N–H and O–H groups in total. The molecule has 1 nitrogen and oxygen atoms in total. The minimum atomic E-state index is -4.32. The Bertz CT molecular complexity index is 407. The summed E-state index contributed by atoms with van der Waals surface area (Å²) in [5, 5.41) is 0. The summed E-state index contributed by atoms with van der Waals surface area (Å²) in [5.41, 5.74) is -0.176. The normalized spacial score (nSPS) is 10.4. The number of carbonyl (C=O) groups excluding carboxylic acids is 1. The fourth-order valence-corrected chi connectivity index (χ4v) is 1.04. The molecule has 0 aliphatic carbocycles. The molecule has 0 fully saturated rings. The Hall–Kier alpha value is -1.76. The topological polar surface area (TPSA) is 17.1 Å². The van der Waals surface area contributed by atoms with E-state index in [1.807, 2.05) is 0 Å². The van der Waals surface area contributed by atoms with Crippen molar-refractivity contribution < 1.29 is 18.0 Å². The maximum absolute atomic E-state index is 12.2. The van der Waals surface area contributed by atoms with E-state index in [4.69, 9.17) is 0 Å². The van der Waals surface area contributed by atoms with Gasteiger partial charge >= 0.3 is 6.18 Å². The van der Waals surface area contributed by atoms with Crippen LogP contribution in [0, 0.1) is 11.8 Å². The standard InChI is InChI=1S/C12H9F3O/c13-12(14,15)11-7-5-10(6-8-11)4-2-1-3-9-16/h5-9H,1,3H2. The highest BCUT2D eigenvalue weighted by Crippen LogP contribution is 2.28. The van der Waals surface area contributed by atoms with E-state index in [9.17, 15) is 18.0 Å². The van der Waals surface area contributed by atoms with Crippen LogP contribution in [0.5, 0.6) is 0 Å². The molecule has 0 aromatic heterocycles. The fraction of sp³-hybridized carbons (Fsp3) is 0.250. The molecule has 0 unspecified atom stereocenters. The van der Waals surface area contributed by atoms with Crippen LogP contribution in [0.1, 0.15) is 24.0 Å². The van der Waals surface area contributed by atoms with Crippen molar-refractivity contribution in [3.8, 4) is 11.8 Å². The highest BCUT2D eigenvalue weighted by molar-refractivity contribution is 5.50. The van der Waals surface area contributed by atoms with Crippen LogP contribution in [0.2, 0.25) is 0 Å². The van der Waals surface area contributed by atoms with Gasteiger partial charge in [-0.05, 0) is 24.3 Å². The molecule has 0 amide bonds. The molecule has 1 aromatic carbocycles. The molecule has 0 aliphatic heterocycles. The van der Waals surface area contributed by atoms with E-state index in [1.165, 1.54) is 12.1 Å². The van der Waals surface area contributed by atoms with E-state index in [0.29, 0.717) is 18.4 Å². The lowest BCUT2D eigenvalue weighted by molar-refractivity contribution is -0.137. The Kier molecular flexibility index (Phi) is 4.12. The summed E-state index contributed by atoms with van der Waals surface area (Å²) < 4.78 is 36.6. The second-order valence-corrected chi connectivity index (χ2v) is 3.08. The first-order valence-electron chi connectivity index (χ1n) is 4.64. The number of hydrogen-bond donors (Lipinski definition) is 0. The maximum Gasteiger partial charge on any atom is 0.416 e. The molecule has 0 saturated heterocycles. The monoisotopic (exact) mass is 226 g/mol. The highest BCUT2D eigenvalue weighted by Gasteiger charge is 2.29. The molecular formula is C12H9F3O. The smallest absolute Gasteiger partial charge is 0.303 e. The van der Waals surface area contributed by atoms with Gasteiger partial charge in [-0.3, -0.25) is 0 Å². The Balaban J connectivity index is 2.71. The minimum absolute atomic E-state index is 0.341. The number of benzene rings is 1. The van der Waals surface area contributed by atoms with Crippen LogP contribution >= 0.6 is 0 Å². The van der Waals surface area contributed by atoms with Crippen molar-refractivity contribution in [3.05, 3.63) is 35.4 Å². The maximum atomic E-state index is 12.2. The van der Waals surface area contributed by atoms with Gasteiger partial charge in [-0.15, -0.1) is 0 Å². The number of carbonyl (C=O) groups is 1. The van der Waals surface area contributed by atoms with Crippen molar-refractivity contribution in [1.29, 1.82) is 0 Å². The van der Waals surface area contributed by atoms with Gasteiger partial charge in [0.05, 0.1) is 5.56 Å². The molecule has 0 bridgehead atoms. The zero-order valence-corrected chi connectivity index (χ0v) is 8.34. The van der Waals surface area contributed by atoms with Gasteiger partial charge in [0.2, 0.25) is 0 Å². The zero-order chi connectivity index (χ0) is 12.0. The average Bonchev–Trinajstić information content (AvgIpc) is 2.24. The molecule has 0 aliphatic rings. The van der Waals surface area contributed by atoms with Crippen LogP contribution in [-0.4, -0.2) is 6.29 Å². The number of unbranched alkanes of at least 4 members (excludes halogenated alkanes) is 1. The van der Waals surface area contributed by atoms with Crippen molar-refractivity contribution >= 4 is 6.29 Å². The third-order valence-electron chi connectivity index (χ3n) is 1.83. The van der Waals surface area contributed by atoms with Crippen molar-refractivity contribution in [2.75, 3.05) is 0 Å². The summed E-state index contributed by atoms with van der Waals surface area (Å²) in [7, 11) is 0. The number of rotatable bonds is 2. The first kappa shape index (κ1) is 12.3. The van der Waals surface area contributed by atoms with Crippen LogP contribution in [0.3, 0.4) is 0 Å². The second-order valence-electron chi connectivity index (χ2n) is 3.08. The summed E-state index contributed by atoms with van der Waals surface area (Å²) in [6.45, 7) is 0. The first-order chi connectivity index (χ1) is 7.54. The van der Waals surface area contributed by atoms with Crippen LogP contribution in [-0.2, 0) is 11.0 Å². The van der Waals surface area contributed by atoms with E-state index >= 15 is 0 Å². The van der Waals surface area contributed by atoms with Gasteiger partial charge in [0, 0.05) is 18.4 Å². The summed E-state index contributed by atoms with van der Waals surface area (Å²) in [6.07, 6.45) is -2.80. The lowest BCUT2D eigenvalue weighted by Gasteiger charge is -2.05. The predicted octanol–water partition coefficient (Wildman–Crippen LogP) is 3.04. The average molecular weight is 226 g/mol. The van der Waals surface area contributed by atoms with Crippen molar-refractivity contribution in [2.24, 2.45) is 0 Å². The molecule has 0 atom stereocenters. The number of alkyl halides is 3. The highest BCUT2D eigenvalue weighted by atomic mass is 19.4. The summed E-state index contributed by atoms with van der Waals surface area (Å²) >= 11 is 0. The minimum Gasteiger partial charge on any atom is -0.303 e. The van der Waals surface area contributed by atoms with Crippen LogP contribution in [0.25, 0.3) is 0 Å². The van der Waals surface area contributed by atoms with E-state index < -0.39 is 11.7 Å². The fourth-order valence-electron chi connectivity index (χ4n) is 1.04. The van der Waals surface area contributed by atoms with Gasteiger partial charge < -0.3 is 4.79 Å². The quantitative estimate of drug-likeness (QED) is 0.430. The Morgan fingerprint density at radius 2 is 1.81 bits per heavy atom. The Morgan fingerprint density at radius 1 is 1.19 bits per heavy atom. The first-order valence-corrected chi connectivity index (χ1v) is 4.64. The van der Waals surface area contributed by atoms with E-state index in [-0.39, 0.29) is 0 Å². The van der Waals surface area contributed by atoms with E-state index in [2.05, 4.69) is 11.8 Å². The third kappa shape index (κ3) is 3.77. The van der Waals surface area contributed by atoms with Gasteiger partial charge in [-0.25, -0.2) is 0 Å². The Labute approximate surface area is 91.3 Å². The molecule has 1 aromatic rings. The molecule has 0 heterocycles. The number of aldehydes is 1. The SMILES string of the molecule is O=CCCC#Cc1ccc(C(F)(F)F)cc1. The molecule has 4 heteroatoms. The van der Waals surface area contributed by atoms with Crippen LogP contribution in [0.15, 0.2) is 24.3 Å². The summed E-state index contributed by atoms with van der Waals surface area (Å²) in [6, 6.07) is 4.61. The number of hydrogen-bond acceptors (Lipinski definition) is 1. The summed E-state index contributed by atoms with van der Waals surface area (Å²) in [4.78, 5) is 9.98. The van der Waals surface area contributed by atoms with Crippen LogP contribution in [0.4, 0.5) is 13.2 Å². The zero-order valence-electron chi connectivity index (χ0n) is 8.34. The lowest BCUT2D eigenvalue weighted by Crippen LogP contribution is -2.04. The van der Waals surface area contributed by atoms with Crippen LogP contribution < -0.4 is 0 Å². The van der Waals surface area contributed by atoms with Gasteiger partial charge in [0.1, 0.15) is 6.29 Å². The molecule has 0 spiro atoms. The van der Waals surface area contributed by atoms with Crippen molar-refractivity contribution in [1.82, 2.24) is 0 Å². The van der Waals surface area contributed by atoms with Gasteiger partial charge in [0.25, 0.3) is 0 Å². The molecule has 0 saturated carbocycles. The van der Waals surface area contributed by atoms with Gasteiger partial charge in [-0.1, -0.05) is 11.8 Å². The van der Waals surface area contributed by atoms with E-state index in [0.717, 1.165) is 18.4 Å². The molecule has 16 heavy (non-hydrogen) atoms. The van der Waals surface area contributed by atoms with Gasteiger partial charge in [0.15, 0.2) is 0 Å². The summed E-state index contributed by atoms with van der Waals surface area (Å²) in [5.74, 6) is 5.38. The van der Waals surface area contributed by atoms with Gasteiger partial charge in [-0.2, -0.15) is 13.2 Å². The van der Waals surface area contributed by atoms with Crippen molar-refractivity contribution in [3.63, 3.8) is 0 Å². The third-order valence-corrected chi connectivity index (χ3v) is 1.83. The lowest BCUT2D eigenvalue weighted by atomic mass is 10.1. The molecule has 1 rings (SSSR count). The van der Waals surface area contributed by atoms with Crippen molar-refractivity contribution in [2.45, 2.75) is 19.0 Å². The second kappa shape index (κ2) is 5.36. The molecule has 0 radical (unpaired) electrons. The predicted molar refractivity (Wildman–Crippen MR) is 53.6 cm³/mol. The molecule has 84 valence electrons. The van der Waals surface area contributed by atoms with E-state index in [1.54, 1.807) is 0 Å². The number of halogens is 3. The molecular weight excluding hydrogens is 217 g/mol. The Morgan fingerprint density at radius 3 is 2.31 bits per heavy atom.